The van der Waals surface area contributed by atoms with Crippen LogP contribution in [0.1, 0.15) is 23.5 Å². The molecule has 0 heterocycles. The maximum atomic E-state index is 9.21. The summed E-state index contributed by atoms with van der Waals surface area (Å²) in [6.07, 6.45) is 9.53. The summed E-state index contributed by atoms with van der Waals surface area (Å²) < 4.78 is 0. The van der Waals surface area contributed by atoms with Crippen molar-refractivity contribution in [3.8, 4) is 0 Å². The standard InChI is InChI=1S/C13H14O/c14-10-12-8-4-5-9-13(12)11-6-2-1-3-7-11/h1-6,8-9,11,14H,7,10H2. The molecule has 1 nitrogen and oxygen atoms in total. The van der Waals surface area contributed by atoms with Crippen LogP contribution in [0.2, 0.25) is 0 Å². The number of allylic oxidation sites excluding steroid dienone is 4. The fourth-order valence-corrected chi connectivity index (χ4v) is 1.85. The summed E-state index contributed by atoms with van der Waals surface area (Å²) >= 11 is 0. The third-order valence-electron chi connectivity index (χ3n) is 2.61. The number of rotatable bonds is 2. The molecule has 0 fully saturated rings. The van der Waals surface area contributed by atoms with Gasteiger partial charge in [0.2, 0.25) is 0 Å². The summed E-state index contributed by atoms with van der Waals surface area (Å²) in [6.45, 7) is 0.129. The molecular weight excluding hydrogens is 172 g/mol. The molecule has 0 aromatic heterocycles. The average Bonchev–Trinajstić information content (AvgIpc) is 2.30. The maximum Gasteiger partial charge on any atom is 0.0684 e. The summed E-state index contributed by atoms with van der Waals surface area (Å²) in [5, 5.41) is 9.21. The zero-order valence-corrected chi connectivity index (χ0v) is 8.06. The highest BCUT2D eigenvalue weighted by molar-refractivity contribution is 5.35. The van der Waals surface area contributed by atoms with Crippen molar-refractivity contribution in [1.29, 1.82) is 0 Å². The van der Waals surface area contributed by atoms with Gasteiger partial charge < -0.3 is 5.11 Å². The summed E-state index contributed by atoms with van der Waals surface area (Å²) in [5.41, 5.74) is 2.29. The molecule has 1 aliphatic carbocycles. The maximum absolute atomic E-state index is 9.21. The van der Waals surface area contributed by atoms with E-state index in [2.05, 4.69) is 30.4 Å². The summed E-state index contributed by atoms with van der Waals surface area (Å²) in [7, 11) is 0. The Morgan fingerprint density at radius 2 is 2.07 bits per heavy atom. The third kappa shape index (κ3) is 1.78. The van der Waals surface area contributed by atoms with Gasteiger partial charge in [-0.2, -0.15) is 0 Å². The highest BCUT2D eigenvalue weighted by atomic mass is 16.3. The highest BCUT2D eigenvalue weighted by Gasteiger charge is 2.11. The van der Waals surface area contributed by atoms with Crippen molar-refractivity contribution in [2.45, 2.75) is 18.9 Å². The fourth-order valence-electron chi connectivity index (χ4n) is 1.85. The number of benzene rings is 1. The Balaban J connectivity index is 2.31. The van der Waals surface area contributed by atoms with E-state index < -0.39 is 0 Å². The second-order valence-corrected chi connectivity index (χ2v) is 3.51. The van der Waals surface area contributed by atoms with Crippen molar-refractivity contribution in [1.82, 2.24) is 0 Å². The molecule has 14 heavy (non-hydrogen) atoms. The van der Waals surface area contributed by atoms with Gasteiger partial charge in [0, 0.05) is 5.92 Å². The van der Waals surface area contributed by atoms with E-state index in [4.69, 9.17) is 0 Å². The van der Waals surface area contributed by atoms with Gasteiger partial charge in [-0.25, -0.2) is 0 Å². The quantitative estimate of drug-likeness (QED) is 0.753. The normalized spacial score (nSPS) is 19.9. The number of hydrogen-bond donors (Lipinski definition) is 1. The predicted molar refractivity (Wildman–Crippen MR) is 58.0 cm³/mol. The number of hydrogen-bond acceptors (Lipinski definition) is 1. The van der Waals surface area contributed by atoms with Crippen molar-refractivity contribution in [2.24, 2.45) is 0 Å². The Hall–Kier alpha value is -1.34. The van der Waals surface area contributed by atoms with Crippen LogP contribution in [0.15, 0.2) is 48.6 Å². The Kier molecular flexibility index (Phi) is 2.80. The van der Waals surface area contributed by atoms with Crippen LogP contribution in [0.5, 0.6) is 0 Å². The van der Waals surface area contributed by atoms with Gasteiger partial charge in [-0.15, -0.1) is 0 Å². The molecule has 0 aliphatic heterocycles. The molecule has 1 aromatic carbocycles. The van der Waals surface area contributed by atoms with Crippen molar-refractivity contribution in [3.63, 3.8) is 0 Å². The topological polar surface area (TPSA) is 20.2 Å². The van der Waals surface area contributed by atoms with E-state index in [0.29, 0.717) is 5.92 Å². The monoisotopic (exact) mass is 186 g/mol. The van der Waals surface area contributed by atoms with E-state index in [1.165, 1.54) is 5.56 Å². The van der Waals surface area contributed by atoms with Crippen molar-refractivity contribution in [2.75, 3.05) is 0 Å². The molecule has 1 N–H and O–H groups in total. The van der Waals surface area contributed by atoms with Crippen LogP contribution in [0.4, 0.5) is 0 Å². The molecule has 0 saturated heterocycles. The van der Waals surface area contributed by atoms with Gasteiger partial charge in [0.05, 0.1) is 6.61 Å². The molecule has 0 saturated carbocycles. The molecular formula is C13H14O. The molecule has 1 aromatic rings. The lowest BCUT2D eigenvalue weighted by molar-refractivity contribution is 0.280. The largest absolute Gasteiger partial charge is 0.392 e. The van der Waals surface area contributed by atoms with E-state index in [0.717, 1.165) is 12.0 Å². The van der Waals surface area contributed by atoms with Crippen LogP contribution in [-0.2, 0) is 6.61 Å². The Labute approximate surface area is 84.4 Å². The van der Waals surface area contributed by atoms with E-state index in [1.54, 1.807) is 0 Å². The first-order chi connectivity index (χ1) is 6.92. The average molecular weight is 186 g/mol. The summed E-state index contributed by atoms with van der Waals surface area (Å²) in [5.74, 6) is 0.434. The minimum Gasteiger partial charge on any atom is -0.392 e. The van der Waals surface area contributed by atoms with Gasteiger partial charge in [-0.05, 0) is 17.5 Å². The Morgan fingerprint density at radius 1 is 1.21 bits per heavy atom. The lowest BCUT2D eigenvalue weighted by Gasteiger charge is -2.16. The molecule has 2 rings (SSSR count). The predicted octanol–water partition coefficient (Wildman–Crippen LogP) is 2.78. The van der Waals surface area contributed by atoms with E-state index in [1.807, 2.05) is 18.2 Å². The van der Waals surface area contributed by atoms with Crippen LogP contribution < -0.4 is 0 Å². The molecule has 0 spiro atoms. The van der Waals surface area contributed by atoms with Gasteiger partial charge in [0.25, 0.3) is 0 Å². The van der Waals surface area contributed by atoms with Gasteiger partial charge in [0.15, 0.2) is 0 Å². The SMILES string of the molecule is OCc1ccccc1C1C=CC=CC1. The third-order valence-corrected chi connectivity index (χ3v) is 2.61. The van der Waals surface area contributed by atoms with Crippen molar-refractivity contribution >= 4 is 0 Å². The minimum atomic E-state index is 0.129. The molecule has 1 aliphatic rings. The molecule has 0 bridgehead atoms. The zero-order valence-electron chi connectivity index (χ0n) is 8.06. The van der Waals surface area contributed by atoms with Crippen LogP contribution >= 0.6 is 0 Å². The molecule has 1 heteroatoms. The summed E-state index contributed by atoms with van der Waals surface area (Å²) in [6, 6.07) is 8.08. The van der Waals surface area contributed by atoms with Gasteiger partial charge in [-0.1, -0.05) is 48.6 Å². The van der Waals surface area contributed by atoms with Crippen LogP contribution in [-0.4, -0.2) is 5.11 Å². The first-order valence-corrected chi connectivity index (χ1v) is 4.94. The minimum absolute atomic E-state index is 0.129. The number of aliphatic hydroxyl groups is 1. The number of aliphatic hydroxyl groups excluding tert-OH is 1. The van der Waals surface area contributed by atoms with Crippen LogP contribution in [0, 0.1) is 0 Å². The van der Waals surface area contributed by atoms with E-state index in [9.17, 15) is 5.11 Å². The fraction of sp³-hybridized carbons (Fsp3) is 0.231. The Morgan fingerprint density at radius 3 is 2.79 bits per heavy atom. The van der Waals surface area contributed by atoms with Crippen LogP contribution in [0.25, 0.3) is 0 Å². The lowest BCUT2D eigenvalue weighted by Crippen LogP contribution is -2.01. The first-order valence-electron chi connectivity index (χ1n) is 4.94. The molecule has 0 amide bonds. The van der Waals surface area contributed by atoms with E-state index in [-0.39, 0.29) is 6.61 Å². The lowest BCUT2D eigenvalue weighted by atomic mass is 9.89. The molecule has 1 atom stereocenters. The smallest absolute Gasteiger partial charge is 0.0684 e. The van der Waals surface area contributed by atoms with Crippen LogP contribution in [0.3, 0.4) is 0 Å². The van der Waals surface area contributed by atoms with Gasteiger partial charge >= 0.3 is 0 Å². The molecule has 1 unspecified atom stereocenters. The first kappa shape index (κ1) is 9.22. The van der Waals surface area contributed by atoms with Gasteiger partial charge in [0.1, 0.15) is 0 Å². The molecule has 72 valence electrons. The Bertz CT molecular complexity index is 363. The second-order valence-electron chi connectivity index (χ2n) is 3.51. The summed E-state index contributed by atoms with van der Waals surface area (Å²) in [4.78, 5) is 0. The second kappa shape index (κ2) is 4.25. The molecule has 0 radical (unpaired) electrons. The van der Waals surface area contributed by atoms with Crippen molar-refractivity contribution < 1.29 is 5.11 Å². The van der Waals surface area contributed by atoms with Gasteiger partial charge in [-0.3, -0.25) is 0 Å². The van der Waals surface area contributed by atoms with Crippen molar-refractivity contribution in [3.05, 3.63) is 59.7 Å². The zero-order chi connectivity index (χ0) is 9.80. The van der Waals surface area contributed by atoms with E-state index >= 15 is 0 Å². The highest BCUT2D eigenvalue weighted by Crippen LogP contribution is 2.27.